The molecule has 0 bridgehead atoms. The molecule has 0 unspecified atom stereocenters. The standard InChI is InChI=1S/C15H16IN3/c16-11-4-6-12(7-5-11)19-15-13(8-9-17-15)14(18-19)10-2-1-3-10/h4-7,10,17H,1-3,8-9H2. The second-order valence-corrected chi connectivity index (χ2v) is 6.65. The zero-order chi connectivity index (χ0) is 12.8. The lowest BCUT2D eigenvalue weighted by Crippen LogP contribution is -2.12. The molecule has 2 aliphatic rings. The summed E-state index contributed by atoms with van der Waals surface area (Å²) in [6.07, 6.45) is 5.13. The molecule has 0 radical (unpaired) electrons. The van der Waals surface area contributed by atoms with Crippen molar-refractivity contribution in [3.63, 3.8) is 0 Å². The van der Waals surface area contributed by atoms with Crippen LogP contribution in [-0.4, -0.2) is 16.3 Å². The van der Waals surface area contributed by atoms with Crippen molar-refractivity contribution in [2.24, 2.45) is 0 Å². The van der Waals surface area contributed by atoms with Gasteiger partial charge in [0.1, 0.15) is 5.82 Å². The second-order valence-electron chi connectivity index (χ2n) is 5.41. The highest BCUT2D eigenvalue weighted by molar-refractivity contribution is 14.1. The molecule has 2 aromatic rings. The fourth-order valence-electron chi connectivity index (χ4n) is 2.98. The predicted molar refractivity (Wildman–Crippen MR) is 85.1 cm³/mol. The Labute approximate surface area is 126 Å². The molecular formula is C15H16IN3. The SMILES string of the molecule is Ic1ccc(-n2nc(C3CCC3)c3c2NCC3)cc1. The van der Waals surface area contributed by atoms with Crippen LogP contribution in [0.2, 0.25) is 0 Å². The summed E-state index contributed by atoms with van der Waals surface area (Å²) in [6, 6.07) is 8.59. The van der Waals surface area contributed by atoms with Crippen LogP contribution in [0.1, 0.15) is 36.4 Å². The molecule has 4 heteroatoms. The molecular weight excluding hydrogens is 349 g/mol. The van der Waals surface area contributed by atoms with Crippen LogP contribution in [0.3, 0.4) is 0 Å². The van der Waals surface area contributed by atoms with Crippen molar-refractivity contribution >= 4 is 28.4 Å². The van der Waals surface area contributed by atoms with Crippen LogP contribution >= 0.6 is 22.6 Å². The summed E-state index contributed by atoms with van der Waals surface area (Å²) in [5.41, 5.74) is 3.98. The predicted octanol–water partition coefficient (Wildman–Crippen LogP) is 3.71. The monoisotopic (exact) mass is 365 g/mol. The fraction of sp³-hybridized carbons (Fsp3) is 0.400. The van der Waals surface area contributed by atoms with Crippen LogP contribution in [0.5, 0.6) is 0 Å². The lowest BCUT2D eigenvalue weighted by molar-refractivity contribution is 0.407. The van der Waals surface area contributed by atoms with Gasteiger partial charge in [0.2, 0.25) is 0 Å². The van der Waals surface area contributed by atoms with E-state index in [0.29, 0.717) is 5.92 Å². The molecule has 0 atom stereocenters. The van der Waals surface area contributed by atoms with Crippen molar-refractivity contribution in [3.05, 3.63) is 39.1 Å². The first-order valence-electron chi connectivity index (χ1n) is 6.94. The molecule has 1 fully saturated rings. The molecule has 1 aromatic heterocycles. The van der Waals surface area contributed by atoms with Crippen molar-refractivity contribution in [1.29, 1.82) is 0 Å². The number of halogens is 1. The maximum atomic E-state index is 4.91. The van der Waals surface area contributed by atoms with Gasteiger partial charge in [0.25, 0.3) is 0 Å². The van der Waals surface area contributed by atoms with Crippen LogP contribution < -0.4 is 5.32 Å². The molecule has 0 spiro atoms. The number of aromatic nitrogens is 2. The third-order valence-corrected chi connectivity index (χ3v) is 4.96. The van der Waals surface area contributed by atoms with Crippen LogP contribution in [0.25, 0.3) is 5.69 Å². The topological polar surface area (TPSA) is 29.9 Å². The van der Waals surface area contributed by atoms with Crippen molar-refractivity contribution in [1.82, 2.24) is 9.78 Å². The number of anilines is 1. The summed E-state index contributed by atoms with van der Waals surface area (Å²) in [4.78, 5) is 0. The summed E-state index contributed by atoms with van der Waals surface area (Å²) >= 11 is 2.34. The molecule has 19 heavy (non-hydrogen) atoms. The van der Waals surface area contributed by atoms with E-state index in [-0.39, 0.29) is 0 Å². The van der Waals surface area contributed by atoms with Gasteiger partial charge in [0.05, 0.1) is 11.4 Å². The lowest BCUT2D eigenvalue weighted by Gasteiger charge is -2.24. The normalized spacial score (nSPS) is 17.9. The average molecular weight is 365 g/mol. The van der Waals surface area contributed by atoms with Crippen LogP contribution in [-0.2, 0) is 6.42 Å². The van der Waals surface area contributed by atoms with E-state index in [9.17, 15) is 0 Å². The van der Waals surface area contributed by atoms with Gasteiger partial charge in [-0.3, -0.25) is 0 Å². The molecule has 0 saturated heterocycles. The first-order chi connectivity index (χ1) is 9.33. The van der Waals surface area contributed by atoms with Gasteiger partial charge in [-0.05, 0) is 66.1 Å². The number of nitrogens with zero attached hydrogens (tertiary/aromatic N) is 2. The Morgan fingerprint density at radius 3 is 2.68 bits per heavy atom. The van der Waals surface area contributed by atoms with Gasteiger partial charge in [-0.1, -0.05) is 6.42 Å². The second kappa shape index (κ2) is 4.51. The minimum absolute atomic E-state index is 0.707. The van der Waals surface area contributed by atoms with E-state index in [0.717, 1.165) is 18.7 Å². The molecule has 4 rings (SSSR count). The van der Waals surface area contributed by atoms with Gasteiger partial charge >= 0.3 is 0 Å². The highest BCUT2D eigenvalue weighted by Crippen LogP contribution is 2.41. The number of hydrogen-bond acceptors (Lipinski definition) is 2. The summed E-state index contributed by atoms with van der Waals surface area (Å²) in [5, 5.41) is 8.41. The zero-order valence-corrected chi connectivity index (χ0v) is 12.9. The fourth-order valence-corrected chi connectivity index (χ4v) is 3.34. The summed E-state index contributed by atoms with van der Waals surface area (Å²) in [7, 11) is 0. The highest BCUT2D eigenvalue weighted by Gasteiger charge is 2.30. The Kier molecular flexibility index (Phi) is 2.79. The smallest absolute Gasteiger partial charge is 0.133 e. The van der Waals surface area contributed by atoms with Crippen LogP contribution in [0.4, 0.5) is 5.82 Å². The first kappa shape index (κ1) is 11.8. The van der Waals surface area contributed by atoms with Crippen molar-refractivity contribution < 1.29 is 0 Å². The quantitative estimate of drug-likeness (QED) is 0.823. The largest absolute Gasteiger partial charge is 0.369 e. The van der Waals surface area contributed by atoms with Crippen LogP contribution in [0, 0.1) is 3.57 Å². The average Bonchev–Trinajstić information content (AvgIpc) is 2.92. The molecule has 1 aliphatic heterocycles. The van der Waals surface area contributed by atoms with E-state index < -0.39 is 0 Å². The van der Waals surface area contributed by atoms with E-state index in [1.165, 1.54) is 39.9 Å². The lowest BCUT2D eigenvalue weighted by atomic mass is 9.81. The van der Waals surface area contributed by atoms with Gasteiger partial charge in [-0.2, -0.15) is 5.10 Å². The van der Waals surface area contributed by atoms with Gasteiger partial charge in [0, 0.05) is 21.6 Å². The van der Waals surface area contributed by atoms with Crippen molar-refractivity contribution in [3.8, 4) is 5.69 Å². The van der Waals surface area contributed by atoms with E-state index in [2.05, 4.69) is 56.9 Å². The summed E-state index contributed by atoms with van der Waals surface area (Å²) < 4.78 is 3.36. The van der Waals surface area contributed by atoms with Gasteiger partial charge in [-0.25, -0.2) is 4.68 Å². The minimum Gasteiger partial charge on any atom is -0.369 e. The van der Waals surface area contributed by atoms with Gasteiger partial charge in [-0.15, -0.1) is 0 Å². The molecule has 1 saturated carbocycles. The number of rotatable bonds is 2. The molecule has 1 aliphatic carbocycles. The molecule has 3 nitrogen and oxygen atoms in total. The Hall–Kier alpha value is -1.04. The van der Waals surface area contributed by atoms with E-state index in [4.69, 9.17) is 5.10 Å². The zero-order valence-electron chi connectivity index (χ0n) is 10.7. The van der Waals surface area contributed by atoms with E-state index in [1.807, 2.05) is 0 Å². The van der Waals surface area contributed by atoms with E-state index in [1.54, 1.807) is 0 Å². The van der Waals surface area contributed by atoms with E-state index >= 15 is 0 Å². The highest BCUT2D eigenvalue weighted by atomic mass is 127. The van der Waals surface area contributed by atoms with Crippen LogP contribution in [0.15, 0.2) is 24.3 Å². The van der Waals surface area contributed by atoms with Gasteiger partial charge in [0.15, 0.2) is 0 Å². The summed E-state index contributed by atoms with van der Waals surface area (Å²) in [6.45, 7) is 1.05. The van der Waals surface area contributed by atoms with Crippen molar-refractivity contribution in [2.45, 2.75) is 31.6 Å². The minimum atomic E-state index is 0.707. The Balaban J connectivity index is 1.81. The Morgan fingerprint density at radius 1 is 1.21 bits per heavy atom. The molecule has 1 N–H and O–H groups in total. The van der Waals surface area contributed by atoms with Crippen molar-refractivity contribution in [2.75, 3.05) is 11.9 Å². The van der Waals surface area contributed by atoms with Gasteiger partial charge < -0.3 is 5.32 Å². The number of hydrogen-bond donors (Lipinski definition) is 1. The third-order valence-electron chi connectivity index (χ3n) is 4.25. The Morgan fingerprint density at radius 2 is 2.00 bits per heavy atom. The summed E-state index contributed by atoms with van der Waals surface area (Å²) in [5.74, 6) is 1.93. The number of benzene rings is 1. The molecule has 1 aromatic carbocycles. The maximum absolute atomic E-state index is 4.91. The number of nitrogens with one attached hydrogen (secondary N) is 1. The third kappa shape index (κ3) is 1.88. The maximum Gasteiger partial charge on any atom is 0.133 e. The molecule has 2 heterocycles. The number of fused-ring (bicyclic) bond motifs is 1. The first-order valence-corrected chi connectivity index (χ1v) is 8.02. The molecule has 0 amide bonds. The Bertz CT molecular complexity index is 611. The molecule has 98 valence electrons.